The fourth-order valence-corrected chi connectivity index (χ4v) is 5.87. The molecule has 0 saturated heterocycles. The Balaban J connectivity index is 1.41. The van der Waals surface area contributed by atoms with Crippen molar-refractivity contribution in [2.24, 2.45) is 28.6 Å². The Morgan fingerprint density at radius 1 is 0.933 bits per heavy atom. The highest BCUT2D eigenvalue weighted by molar-refractivity contribution is 5.34. The van der Waals surface area contributed by atoms with Crippen LogP contribution in [0.5, 0.6) is 0 Å². The van der Waals surface area contributed by atoms with Gasteiger partial charge < -0.3 is 0 Å². The van der Waals surface area contributed by atoms with E-state index in [1.807, 2.05) is 0 Å². The van der Waals surface area contributed by atoms with Gasteiger partial charge in [0, 0.05) is 0 Å². The van der Waals surface area contributed by atoms with Crippen LogP contribution in [0.2, 0.25) is 0 Å². The number of rotatable bonds is 5. The average molecular weight is 204 g/mol. The third-order valence-corrected chi connectivity index (χ3v) is 6.65. The van der Waals surface area contributed by atoms with Crippen molar-refractivity contribution in [1.29, 1.82) is 0 Å². The molecule has 15 heavy (non-hydrogen) atoms. The molecule has 0 aromatic rings. The first-order valence-corrected chi connectivity index (χ1v) is 7.33. The lowest BCUT2D eigenvalue weighted by Gasteiger charge is -2.38. The van der Waals surface area contributed by atoms with E-state index in [1.165, 1.54) is 37.0 Å². The summed E-state index contributed by atoms with van der Waals surface area (Å²) in [5.41, 5.74) is 1.91. The van der Waals surface area contributed by atoms with Gasteiger partial charge in [0.15, 0.2) is 0 Å². The second-order valence-corrected chi connectivity index (χ2v) is 6.98. The van der Waals surface area contributed by atoms with E-state index < -0.39 is 0 Å². The molecule has 0 heteroatoms. The maximum atomic E-state index is 2.32. The van der Waals surface area contributed by atoms with Crippen LogP contribution in [0.1, 0.15) is 64.7 Å². The van der Waals surface area contributed by atoms with Crippen LogP contribution in [0, 0.1) is 28.6 Å². The molecule has 0 aliphatic heterocycles. The Morgan fingerprint density at radius 3 is 2.53 bits per heavy atom. The Morgan fingerprint density at radius 2 is 1.80 bits per heavy atom. The van der Waals surface area contributed by atoms with E-state index in [0.29, 0.717) is 0 Å². The highest BCUT2D eigenvalue weighted by atomic mass is 14.9. The molecule has 0 amide bonds. The van der Waals surface area contributed by atoms with Gasteiger partial charge in [-0.2, -0.15) is 0 Å². The molecule has 5 atom stereocenters. The Hall–Kier alpha value is 0. The molecule has 4 rings (SSSR count). The van der Waals surface area contributed by atoms with Crippen molar-refractivity contribution in [3.05, 3.63) is 0 Å². The molecule has 4 aliphatic carbocycles. The van der Waals surface area contributed by atoms with Gasteiger partial charge in [-0.1, -0.05) is 32.6 Å². The molecule has 0 nitrogen and oxygen atoms in total. The molecule has 0 bridgehead atoms. The minimum atomic E-state index is 0.939. The summed E-state index contributed by atoms with van der Waals surface area (Å²) in [4.78, 5) is 0. The molecule has 4 fully saturated rings. The molecule has 5 unspecified atom stereocenters. The highest BCUT2D eigenvalue weighted by Gasteiger charge is 2.85. The summed E-state index contributed by atoms with van der Waals surface area (Å²) >= 11 is 0. The van der Waals surface area contributed by atoms with Crippen molar-refractivity contribution in [2.75, 3.05) is 0 Å². The van der Waals surface area contributed by atoms with E-state index in [1.54, 1.807) is 38.5 Å². The summed E-state index contributed by atoms with van der Waals surface area (Å²) in [6.45, 7) is 2.32. The quantitative estimate of drug-likeness (QED) is 0.582. The van der Waals surface area contributed by atoms with E-state index in [0.717, 1.165) is 10.8 Å². The van der Waals surface area contributed by atoms with Crippen molar-refractivity contribution >= 4 is 0 Å². The zero-order chi connectivity index (χ0) is 10.1. The van der Waals surface area contributed by atoms with Crippen LogP contribution < -0.4 is 0 Å². The number of unbranched alkanes of at least 4 members (excludes halogenated alkanes) is 3. The molecule has 0 heterocycles. The number of fused-ring (bicyclic) bond motifs is 1. The lowest BCUT2D eigenvalue weighted by Crippen LogP contribution is -2.32. The molecule has 0 N–H and O–H groups in total. The van der Waals surface area contributed by atoms with Crippen molar-refractivity contribution in [1.82, 2.24) is 0 Å². The zero-order valence-electron chi connectivity index (χ0n) is 10.1. The smallest absolute Gasteiger partial charge is 0.0178 e. The lowest BCUT2D eigenvalue weighted by molar-refractivity contribution is 0.0974. The van der Waals surface area contributed by atoms with Gasteiger partial charge >= 0.3 is 0 Å². The van der Waals surface area contributed by atoms with Crippen molar-refractivity contribution < 1.29 is 0 Å². The third kappa shape index (κ3) is 0.875. The van der Waals surface area contributed by atoms with Crippen LogP contribution in [-0.2, 0) is 0 Å². The molecular formula is C15H24. The average Bonchev–Trinajstić information content (AvgIpc) is 3.00. The van der Waals surface area contributed by atoms with E-state index >= 15 is 0 Å². The molecule has 4 aliphatic rings. The van der Waals surface area contributed by atoms with Crippen LogP contribution in [-0.4, -0.2) is 0 Å². The Labute approximate surface area is 93.8 Å². The molecule has 0 radical (unpaired) electrons. The standard InChI is InChI=1S/C15H24/c1-2-3-4-5-6-14-9-12(14)7-11-8-13-10-15(11,13)14/h11-13H,2-10H2,1H3. The van der Waals surface area contributed by atoms with Crippen LogP contribution >= 0.6 is 0 Å². The zero-order valence-corrected chi connectivity index (χ0v) is 10.1. The molecule has 4 saturated carbocycles. The van der Waals surface area contributed by atoms with Crippen molar-refractivity contribution in [3.8, 4) is 0 Å². The summed E-state index contributed by atoms with van der Waals surface area (Å²) in [5, 5.41) is 0. The van der Waals surface area contributed by atoms with E-state index in [-0.39, 0.29) is 0 Å². The van der Waals surface area contributed by atoms with Gasteiger partial charge in [-0.25, -0.2) is 0 Å². The van der Waals surface area contributed by atoms with Gasteiger partial charge in [0.1, 0.15) is 0 Å². The highest BCUT2D eigenvalue weighted by Crippen LogP contribution is 2.93. The van der Waals surface area contributed by atoms with Gasteiger partial charge in [-0.15, -0.1) is 0 Å². The first-order valence-electron chi connectivity index (χ1n) is 7.33. The first kappa shape index (κ1) is 9.07. The summed E-state index contributed by atoms with van der Waals surface area (Å²) in [6.07, 6.45) is 14.1. The summed E-state index contributed by atoms with van der Waals surface area (Å²) in [7, 11) is 0. The van der Waals surface area contributed by atoms with Gasteiger partial charge in [-0.3, -0.25) is 0 Å². The van der Waals surface area contributed by atoms with Crippen LogP contribution in [0.25, 0.3) is 0 Å². The topological polar surface area (TPSA) is 0 Å². The van der Waals surface area contributed by atoms with E-state index in [2.05, 4.69) is 6.92 Å². The summed E-state index contributed by atoms with van der Waals surface area (Å²) in [5.74, 6) is 3.64. The van der Waals surface area contributed by atoms with Gasteiger partial charge in [0.25, 0.3) is 0 Å². The monoisotopic (exact) mass is 204 g/mol. The lowest BCUT2D eigenvalue weighted by atomic mass is 9.66. The fraction of sp³-hybridized carbons (Fsp3) is 1.00. The second kappa shape index (κ2) is 2.63. The van der Waals surface area contributed by atoms with Crippen LogP contribution in [0.3, 0.4) is 0 Å². The van der Waals surface area contributed by atoms with E-state index in [9.17, 15) is 0 Å². The molecule has 84 valence electrons. The molecule has 1 spiro atoms. The predicted octanol–water partition coefficient (Wildman–Crippen LogP) is 4.39. The Kier molecular flexibility index (Phi) is 1.59. The maximum Gasteiger partial charge on any atom is -0.0178 e. The predicted molar refractivity (Wildman–Crippen MR) is 62.6 cm³/mol. The first-order chi connectivity index (χ1) is 7.33. The summed E-state index contributed by atoms with van der Waals surface area (Å²) in [6, 6.07) is 0. The van der Waals surface area contributed by atoms with Gasteiger partial charge in [0.2, 0.25) is 0 Å². The molecule has 0 aromatic carbocycles. The largest absolute Gasteiger partial charge is 0.0654 e. The second-order valence-electron chi connectivity index (χ2n) is 6.98. The van der Waals surface area contributed by atoms with Gasteiger partial charge in [-0.05, 0) is 60.7 Å². The van der Waals surface area contributed by atoms with E-state index in [4.69, 9.17) is 0 Å². The summed E-state index contributed by atoms with van der Waals surface area (Å²) < 4.78 is 0. The van der Waals surface area contributed by atoms with Gasteiger partial charge in [0.05, 0.1) is 0 Å². The van der Waals surface area contributed by atoms with Crippen molar-refractivity contribution in [3.63, 3.8) is 0 Å². The minimum Gasteiger partial charge on any atom is -0.0654 e. The SMILES string of the molecule is CCCCCCC12CC1CC1CC3CC132. The van der Waals surface area contributed by atoms with Crippen LogP contribution in [0.15, 0.2) is 0 Å². The minimum absolute atomic E-state index is 0.939. The third-order valence-electron chi connectivity index (χ3n) is 6.65. The van der Waals surface area contributed by atoms with Crippen molar-refractivity contribution in [2.45, 2.75) is 64.7 Å². The number of hydrogen-bond donors (Lipinski definition) is 0. The Bertz CT molecular complexity index is 294. The van der Waals surface area contributed by atoms with Crippen LogP contribution in [0.4, 0.5) is 0 Å². The fourth-order valence-electron chi connectivity index (χ4n) is 5.87. The maximum absolute atomic E-state index is 2.32. The molecular weight excluding hydrogens is 180 g/mol. The normalized spacial score (nSPS) is 57.8. The number of hydrogen-bond acceptors (Lipinski definition) is 0. The molecule has 0 aromatic heterocycles.